The first kappa shape index (κ1) is 16.1. The number of benzene rings is 2. The van der Waals surface area contributed by atoms with Crippen LogP contribution >= 0.6 is 11.6 Å². The largest absolute Gasteiger partial charge is 0.421 e. The van der Waals surface area contributed by atoms with Crippen molar-refractivity contribution >= 4 is 17.5 Å². The summed E-state index contributed by atoms with van der Waals surface area (Å²) in [5.41, 5.74) is 0.762. The van der Waals surface area contributed by atoms with Crippen LogP contribution in [0.1, 0.15) is 16.2 Å². The average Bonchev–Trinajstić information content (AvgIpc) is 3.04. The highest BCUT2D eigenvalue weighted by molar-refractivity contribution is 6.30. The summed E-state index contributed by atoms with van der Waals surface area (Å²) < 4.78 is 19.1. The monoisotopic (exact) mass is 345 g/mol. The third kappa shape index (κ3) is 3.78. The van der Waals surface area contributed by atoms with Crippen LogP contribution < -0.4 is 5.32 Å². The van der Waals surface area contributed by atoms with Crippen molar-refractivity contribution in [1.82, 2.24) is 15.5 Å². The lowest BCUT2D eigenvalue weighted by Gasteiger charge is -2.03. The Kier molecular flexibility index (Phi) is 4.86. The highest BCUT2D eigenvalue weighted by atomic mass is 35.5. The molecule has 2 aromatic carbocycles. The number of carbonyl (C=O) groups excluding carboxylic acids is 1. The maximum absolute atomic E-state index is 13.7. The second-order valence-corrected chi connectivity index (χ2v) is 5.43. The Morgan fingerprint density at radius 2 is 1.88 bits per heavy atom. The third-order valence-corrected chi connectivity index (χ3v) is 3.55. The molecule has 1 amide bonds. The molecule has 0 aliphatic rings. The average molecular weight is 346 g/mol. The Bertz CT molecular complexity index is 849. The predicted molar refractivity (Wildman–Crippen MR) is 87.2 cm³/mol. The minimum absolute atomic E-state index is 0.118. The summed E-state index contributed by atoms with van der Waals surface area (Å²) in [4.78, 5) is 11.9. The lowest BCUT2D eigenvalue weighted by atomic mass is 10.2. The molecule has 0 atom stereocenters. The molecule has 3 aromatic rings. The lowest BCUT2D eigenvalue weighted by Crippen LogP contribution is -2.25. The maximum Gasteiger partial charge on any atom is 0.251 e. The molecule has 0 saturated heterocycles. The van der Waals surface area contributed by atoms with Crippen LogP contribution in [-0.2, 0) is 6.42 Å². The molecule has 0 radical (unpaired) electrons. The topological polar surface area (TPSA) is 68.0 Å². The van der Waals surface area contributed by atoms with Crippen molar-refractivity contribution in [3.05, 3.63) is 70.8 Å². The number of amides is 1. The third-order valence-electron chi connectivity index (χ3n) is 3.30. The molecule has 7 heteroatoms. The van der Waals surface area contributed by atoms with E-state index in [9.17, 15) is 9.18 Å². The fourth-order valence-electron chi connectivity index (χ4n) is 2.08. The predicted octanol–water partition coefficient (Wildman–Crippen LogP) is 3.50. The Hall–Kier alpha value is -2.73. The molecule has 1 N–H and O–H groups in total. The second kappa shape index (κ2) is 7.23. The van der Waals surface area contributed by atoms with Gasteiger partial charge in [0.25, 0.3) is 11.8 Å². The van der Waals surface area contributed by atoms with Crippen molar-refractivity contribution < 1.29 is 13.6 Å². The van der Waals surface area contributed by atoms with Crippen molar-refractivity contribution in [1.29, 1.82) is 0 Å². The highest BCUT2D eigenvalue weighted by Crippen LogP contribution is 2.20. The van der Waals surface area contributed by atoms with E-state index in [1.165, 1.54) is 6.07 Å². The van der Waals surface area contributed by atoms with Gasteiger partial charge in [-0.15, -0.1) is 10.2 Å². The van der Waals surface area contributed by atoms with E-state index in [4.69, 9.17) is 16.0 Å². The van der Waals surface area contributed by atoms with Gasteiger partial charge in [-0.1, -0.05) is 23.7 Å². The van der Waals surface area contributed by atoms with Crippen LogP contribution in [0.25, 0.3) is 11.5 Å². The zero-order valence-electron chi connectivity index (χ0n) is 12.5. The van der Waals surface area contributed by atoms with Gasteiger partial charge in [0.15, 0.2) is 0 Å². The Morgan fingerprint density at radius 3 is 2.62 bits per heavy atom. The van der Waals surface area contributed by atoms with Gasteiger partial charge in [0.05, 0.1) is 5.56 Å². The van der Waals surface area contributed by atoms with E-state index >= 15 is 0 Å². The fourth-order valence-corrected chi connectivity index (χ4v) is 2.21. The molecule has 0 unspecified atom stereocenters. The van der Waals surface area contributed by atoms with Crippen LogP contribution in [0.5, 0.6) is 0 Å². The lowest BCUT2D eigenvalue weighted by molar-refractivity contribution is 0.0953. The highest BCUT2D eigenvalue weighted by Gasteiger charge is 2.12. The van der Waals surface area contributed by atoms with Gasteiger partial charge in [-0.25, -0.2) is 4.39 Å². The molecule has 1 heterocycles. The standard InChI is InChI=1S/C17H13ClFN3O2/c18-12-7-5-11(6-8-12)16(23)20-10-9-15-21-22-17(24-15)13-3-1-2-4-14(13)19/h1-8H,9-10H2,(H,20,23). The summed E-state index contributed by atoms with van der Waals surface area (Å²) in [7, 11) is 0. The van der Waals surface area contributed by atoms with E-state index in [1.54, 1.807) is 42.5 Å². The van der Waals surface area contributed by atoms with Gasteiger partial charge in [-0.3, -0.25) is 4.79 Å². The minimum Gasteiger partial charge on any atom is -0.421 e. The van der Waals surface area contributed by atoms with Crippen LogP contribution in [0.15, 0.2) is 52.9 Å². The molecular formula is C17H13ClFN3O2. The Balaban J connectivity index is 1.57. The Morgan fingerprint density at radius 1 is 1.12 bits per heavy atom. The minimum atomic E-state index is -0.427. The van der Waals surface area contributed by atoms with E-state index in [0.29, 0.717) is 29.4 Å². The van der Waals surface area contributed by atoms with Gasteiger partial charge < -0.3 is 9.73 Å². The Labute approximate surface area is 142 Å². The molecule has 122 valence electrons. The summed E-state index contributed by atoms with van der Waals surface area (Å²) in [5, 5.41) is 11.0. The van der Waals surface area contributed by atoms with E-state index in [-0.39, 0.29) is 17.4 Å². The van der Waals surface area contributed by atoms with Crippen LogP contribution in [-0.4, -0.2) is 22.6 Å². The number of nitrogens with one attached hydrogen (secondary N) is 1. The smallest absolute Gasteiger partial charge is 0.251 e. The first-order valence-electron chi connectivity index (χ1n) is 7.24. The van der Waals surface area contributed by atoms with E-state index in [0.717, 1.165) is 0 Å². The van der Waals surface area contributed by atoms with E-state index < -0.39 is 5.82 Å². The molecule has 0 spiro atoms. The molecule has 0 saturated carbocycles. The number of rotatable bonds is 5. The molecule has 0 aliphatic heterocycles. The number of halogens is 2. The first-order chi connectivity index (χ1) is 11.6. The quantitative estimate of drug-likeness (QED) is 0.768. The van der Waals surface area contributed by atoms with E-state index in [1.807, 2.05) is 0 Å². The molecule has 1 aromatic heterocycles. The number of aromatic nitrogens is 2. The first-order valence-corrected chi connectivity index (χ1v) is 7.62. The summed E-state index contributed by atoms with van der Waals surface area (Å²) in [6, 6.07) is 12.7. The molecule has 24 heavy (non-hydrogen) atoms. The summed E-state index contributed by atoms with van der Waals surface area (Å²) >= 11 is 5.78. The number of hydrogen-bond acceptors (Lipinski definition) is 4. The number of carbonyl (C=O) groups is 1. The zero-order chi connectivity index (χ0) is 16.9. The van der Waals surface area contributed by atoms with Gasteiger partial charge in [0.1, 0.15) is 5.82 Å². The van der Waals surface area contributed by atoms with Crippen molar-refractivity contribution in [2.75, 3.05) is 6.54 Å². The maximum atomic E-state index is 13.7. The van der Waals surface area contributed by atoms with Gasteiger partial charge in [-0.05, 0) is 36.4 Å². The van der Waals surface area contributed by atoms with Crippen molar-refractivity contribution in [3.63, 3.8) is 0 Å². The normalized spacial score (nSPS) is 10.6. The summed E-state index contributed by atoms with van der Waals surface area (Å²) in [5.74, 6) is -0.207. The van der Waals surface area contributed by atoms with Crippen molar-refractivity contribution in [2.24, 2.45) is 0 Å². The van der Waals surface area contributed by atoms with Crippen LogP contribution in [0.3, 0.4) is 0 Å². The molecule has 0 fully saturated rings. The second-order valence-electron chi connectivity index (χ2n) is 4.99. The van der Waals surface area contributed by atoms with E-state index in [2.05, 4.69) is 15.5 Å². The number of nitrogens with zero attached hydrogens (tertiary/aromatic N) is 2. The SMILES string of the molecule is O=C(NCCc1nnc(-c2ccccc2F)o1)c1ccc(Cl)cc1. The van der Waals surface area contributed by atoms with Crippen molar-refractivity contribution in [3.8, 4) is 11.5 Å². The number of hydrogen-bond donors (Lipinski definition) is 1. The molecule has 0 bridgehead atoms. The van der Waals surface area contributed by atoms with Gasteiger partial charge in [0.2, 0.25) is 5.89 Å². The molecule has 3 rings (SSSR count). The van der Waals surface area contributed by atoms with Gasteiger partial charge in [-0.2, -0.15) is 0 Å². The zero-order valence-corrected chi connectivity index (χ0v) is 13.3. The molecule has 5 nitrogen and oxygen atoms in total. The summed E-state index contributed by atoms with van der Waals surface area (Å²) in [6.45, 7) is 0.320. The molecular weight excluding hydrogens is 333 g/mol. The van der Waals surface area contributed by atoms with Gasteiger partial charge >= 0.3 is 0 Å². The molecule has 0 aliphatic carbocycles. The fraction of sp³-hybridized carbons (Fsp3) is 0.118. The van der Waals surface area contributed by atoms with Crippen LogP contribution in [0.4, 0.5) is 4.39 Å². The van der Waals surface area contributed by atoms with Crippen molar-refractivity contribution in [2.45, 2.75) is 6.42 Å². The van der Waals surface area contributed by atoms with Crippen LogP contribution in [0, 0.1) is 5.82 Å². The summed E-state index contributed by atoms with van der Waals surface area (Å²) in [6.07, 6.45) is 0.348. The van der Waals surface area contributed by atoms with Crippen LogP contribution in [0.2, 0.25) is 5.02 Å². The van der Waals surface area contributed by atoms with Gasteiger partial charge in [0, 0.05) is 23.6 Å².